The number of alkyl halides is 3. The van der Waals surface area contributed by atoms with Crippen molar-refractivity contribution >= 4 is 12.0 Å². The third kappa shape index (κ3) is 6.55. The molecule has 1 aromatic rings. The van der Waals surface area contributed by atoms with E-state index in [0.29, 0.717) is 22.9 Å². The van der Waals surface area contributed by atoms with Gasteiger partial charge in [-0.05, 0) is 30.0 Å². The van der Waals surface area contributed by atoms with Gasteiger partial charge in [-0.25, -0.2) is 0 Å². The minimum atomic E-state index is -4.77. The molecule has 1 rings (SSSR count). The molecule has 0 heterocycles. The highest BCUT2D eigenvalue weighted by Gasteiger charge is 2.31. The maximum absolute atomic E-state index is 11.6. The fraction of sp³-hybridized carbons (Fsp3) is 0.455. The standard InChI is InChI=1S/C11H13F3O2S/c1-8(2)7-9-3-5-10(6-4-9)17-16-15-11(12,13)14/h3-6,8H,7H2,1-2H3. The Hall–Kier alpha value is -0.720. The molecule has 0 aromatic heterocycles. The molecule has 0 saturated heterocycles. The van der Waals surface area contributed by atoms with E-state index in [1.54, 1.807) is 12.1 Å². The zero-order valence-electron chi connectivity index (χ0n) is 9.45. The monoisotopic (exact) mass is 266 g/mol. The second-order valence-corrected chi connectivity index (χ2v) is 4.70. The van der Waals surface area contributed by atoms with Gasteiger partial charge in [0.2, 0.25) is 0 Å². The van der Waals surface area contributed by atoms with Crippen molar-refractivity contribution in [2.75, 3.05) is 0 Å². The van der Waals surface area contributed by atoms with E-state index in [9.17, 15) is 13.2 Å². The van der Waals surface area contributed by atoms with Crippen molar-refractivity contribution in [2.24, 2.45) is 5.92 Å². The molecule has 0 saturated carbocycles. The van der Waals surface area contributed by atoms with Crippen molar-refractivity contribution in [2.45, 2.75) is 31.5 Å². The normalized spacial score (nSPS) is 12.1. The maximum atomic E-state index is 11.6. The average molecular weight is 266 g/mol. The number of hydrogen-bond acceptors (Lipinski definition) is 3. The molecule has 0 aliphatic heterocycles. The molecular formula is C11H13F3O2S. The smallest absolute Gasteiger partial charge is 0.150 e. The van der Waals surface area contributed by atoms with Crippen molar-refractivity contribution < 1.29 is 22.4 Å². The Bertz CT molecular complexity index is 336. The Morgan fingerprint density at radius 1 is 1.18 bits per heavy atom. The van der Waals surface area contributed by atoms with Gasteiger partial charge in [0.1, 0.15) is 0 Å². The maximum Gasteiger partial charge on any atom is 0.550 e. The second-order valence-electron chi connectivity index (χ2n) is 3.92. The lowest BCUT2D eigenvalue weighted by Crippen LogP contribution is -2.11. The highest BCUT2D eigenvalue weighted by Crippen LogP contribution is 2.25. The van der Waals surface area contributed by atoms with Gasteiger partial charge in [0, 0.05) is 4.90 Å². The SMILES string of the molecule is CC(C)Cc1ccc(SOOC(F)(F)F)cc1. The Balaban J connectivity index is 2.40. The first-order valence-electron chi connectivity index (χ1n) is 5.05. The van der Waals surface area contributed by atoms with Crippen LogP contribution in [0.2, 0.25) is 0 Å². The summed E-state index contributed by atoms with van der Waals surface area (Å²) in [4.78, 5) is 3.75. The minimum Gasteiger partial charge on any atom is -0.150 e. The van der Waals surface area contributed by atoms with Gasteiger partial charge in [0.25, 0.3) is 0 Å². The first kappa shape index (κ1) is 14.3. The summed E-state index contributed by atoms with van der Waals surface area (Å²) >= 11 is 0.533. The van der Waals surface area contributed by atoms with Gasteiger partial charge in [-0.2, -0.15) is 4.33 Å². The van der Waals surface area contributed by atoms with Crippen molar-refractivity contribution in [1.29, 1.82) is 0 Å². The molecule has 0 unspecified atom stereocenters. The lowest BCUT2D eigenvalue weighted by Gasteiger charge is -2.07. The van der Waals surface area contributed by atoms with Crippen molar-refractivity contribution in [1.82, 2.24) is 0 Å². The quantitative estimate of drug-likeness (QED) is 0.448. The average Bonchev–Trinajstić information content (AvgIpc) is 2.18. The lowest BCUT2D eigenvalue weighted by atomic mass is 10.0. The van der Waals surface area contributed by atoms with Crippen LogP contribution < -0.4 is 0 Å². The van der Waals surface area contributed by atoms with Crippen LogP contribution in [0.3, 0.4) is 0 Å². The summed E-state index contributed by atoms with van der Waals surface area (Å²) in [6.07, 6.45) is -3.84. The van der Waals surface area contributed by atoms with E-state index in [1.165, 1.54) is 0 Å². The third-order valence-electron chi connectivity index (χ3n) is 1.83. The van der Waals surface area contributed by atoms with Crippen LogP contribution in [0.15, 0.2) is 29.2 Å². The van der Waals surface area contributed by atoms with Gasteiger partial charge < -0.3 is 0 Å². The van der Waals surface area contributed by atoms with E-state index in [-0.39, 0.29) is 0 Å². The van der Waals surface area contributed by atoms with Crippen LogP contribution in [-0.2, 0) is 15.6 Å². The number of hydrogen-bond donors (Lipinski definition) is 0. The summed E-state index contributed by atoms with van der Waals surface area (Å²) in [6, 6.07) is 7.11. The molecule has 1 aromatic carbocycles. The van der Waals surface area contributed by atoms with Crippen LogP contribution in [0.1, 0.15) is 19.4 Å². The highest BCUT2D eigenvalue weighted by molar-refractivity contribution is 7.94. The summed E-state index contributed by atoms with van der Waals surface area (Å²) in [5.41, 5.74) is 1.14. The lowest BCUT2D eigenvalue weighted by molar-refractivity contribution is -0.440. The van der Waals surface area contributed by atoms with Crippen LogP contribution >= 0.6 is 12.0 Å². The van der Waals surface area contributed by atoms with Gasteiger partial charge in [0.15, 0.2) is 0 Å². The van der Waals surface area contributed by atoms with Crippen LogP contribution in [0.5, 0.6) is 0 Å². The third-order valence-corrected chi connectivity index (χ3v) is 2.43. The Kier molecular flexibility index (Phi) is 5.30. The molecule has 6 heteroatoms. The van der Waals surface area contributed by atoms with Crippen molar-refractivity contribution in [3.63, 3.8) is 0 Å². The van der Waals surface area contributed by atoms with Gasteiger partial charge in [-0.15, -0.1) is 18.1 Å². The predicted octanol–water partition coefficient (Wildman–Crippen LogP) is 4.36. The molecule has 0 bridgehead atoms. The largest absolute Gasteiger partial charge is 0.550 e. The molecule has 0 atom stereocenters. The summed E-state index contributed by atoms with van der Waals surface area (Å²) in [6.45, 7) is 4.20. The molecule has 0 N–H and O–H groups in total. The van der Waals surface area contributed by atoms with Gasteiger partial charge in [0.05, 0.1) is 12.0 Å². The topological polar surface area (TPSA) is 18.5 Å². The number of benzene rings is 1. The molecule has 0 amide bonds. The van der Waals surface area contributed by atoms with E-state index in [4.69, 9.17) is 0 Å². The van der Waals surface area contributed by atoms with E-state index in [0.717, 1.165) is 12.0 Å². The van der Waals surface area contributed by atoms with Crippen molar-refractivity contribution in [3.8, 4) is 0 Å². The zero-order valence-corrected chi connectivity index (χ0v) is 10.3. The molecule has 0 radical (unpaired) electrons. The molecule has 0 aliphatic rings. The fourth-order valence-corrected chi connectivity index (χ4v) is 1.68. The Labute approximate surface area is 102 Å². The number of rotatable bonds is 5. The highest BCUT2D eigenvalue weighted by atomic mass is 32.2. The van der Waals surface area contributed by atoms with Gasteiger partial charge in [-0.1, -0.05) is 26.0 Å². The first-order valence-corrected chi connectivity index (χ1v) is 5.79. The molecular weight excluding hydrogens is 253 g/mol. The van der Waals surface area contributed by atoms with Crippen LogP contribution in [0, 0.1) is 5.92 Å². The van der Waals surface area contributed by atoms with Crippen molar-refractivity contribution in [3.05, 3.63) is 29.8 Å². The van der Waals surface area contributed by atoms with E-state index in [2.05, 4.69) is 23.1 Å². The molecule has 96 valence electrons. The molecule has 2 nitrogen and oxygen atoms in total. The minimum absolute atomic E-state index is 0.533. The Morgan fingerprint density at radius 2 is 1.76 bits per heavy atom. The first-order chi connectivity index (χ1) is 7.87. The summed E-state index contributed by atoms with van der Waals surface area (Å²) in [7, 11) is 0. The summed E-state index contributed by atoms with van der Waals surface area (Å²) in [5.74, 6) is 0.540. The van der Waals surface area contributed by atoms with Gasteiger partial charge >= 0.3 is 6.36 Å². The van der Waals surface area contributed by atoms with Crippen LogP contribution in [0.25, 0.3) is 0 Å². The molecule has 0 spiro atoms. The second kappa shape index (κ2) is 6.28. The van der Waals surface area contributed by atoms with E-state index in [1.807, 2.05) is 12.1 Å². The summed E-state index contributed by atoms with van der Waals surface area (Å²) in [5, 5.41) is 0. The van der Waals surface area contributed by atoms with E-state index >= 15 is 0 Å². The Morgan fingerprint density at radius 3 is 2.24 bits per heavy atom. The predicted molar refractivity (Wildman–Crippen MR) is 59.1 cm³/mol. The van der Waals surface area contributed by atoms with E-state index < -0.39 is 6.36 Å². The van der Waals surface area contributed by atoms with Gasteiger partial charge in [-0.3, -0.25) is 0 Å². The fourth-order valence-electron chi connectivity index (χ4n) is 1.25. The van der Waals surface area contributed by atoms with Crippen LogP contribution in [0.4, 0.5) is 13.2 Å². The molecule has 0 fully saturated rings. The van der Waals surface area contributed by atoms with Crippen LogP contribution in [-0.4, -0.2) is 6.36 Å². The summed E-state index contributed by atoms with van der Waals surface area (Å²) < 4.78 is 38.8. The molecule has 17 heavy (non-hydrogen) atoms. The zero-order chi connectivity index (χ0) is 12.9. The molecule has 0 aliphatic carbocycles. The number of halogens is 3.